The largest absolute Gasteiger partial charge is 0.352 e. The first kappa shape index (κ1) is 17.8. The van der Waals surface area contributed by atoms with Crippen LogP contribution in [0.3, 0.4) is 0 Å². The van der Waals surface area contributed by atoms with E-state index < -0.39 is 16.7 Å². The third kappa shape index (κ3) is 6.22. The Bertz CT molecular complexity index is 773. The van der Waals surface area contributed by atoms with Gasteiger partial charge in [0.1, 0.15) is 6.42 Å². The molecule has 0 radical (unpaired) electrons. The Balaban J connectivity index is 1.74. The fourth-order valence-corrected chi connectivity index (χ4v) is 1.91. The normalized spacial score (nSPS) is 10.4. The molecule has 0 saturated carbocycles. The van der Waals surface area contributed by atoms with Gasteiger partial charge < -0.3 is 5.32 Å². The average molecular weight is 340 g/mol. The number of hydrazone groups is 1. The Kier molecular flexibility index (Phi) is 6.35. The molecule has 0 saturated heterocycles. The van der Waals surface area contributed by atoms with Gasteiger partial charge in [0.2, 0.25) is 11.8 Å². The first-order valence-corrected chi connectivity index (χ1v) is 7.41. The van der Waals surface area contributed by atoms with Crippen molar-refractivity contribution in [1.29, 1.82) is 0 Å². The number of nitrogens with zero attached hydrogens (tertiary/aromatic N) is 2. The number of amides is 2. The highest BCUT2D eigenvalue weighted by molar-refractivity contribution is 5.97. The highest BCUT2D eigenvalue weighted by Gasteiger charge is 2.08. The molecular weight excluding hydrogens is 324 g/mol. The Morgan fingerprint density at radius 3 is 2.36 bits per heavy atom. The summed E-state index contributed by atoms with van der Waals surface area (Å²) in [4.78, 5) is 33.3. The molecule has 8 heteroatoms. The van der Waals surface area contributed by atoms with E-state index in [0.717, 1.165) is 5.56 Å². The fraction of sp³-hybridized carbons (Fsp3) is 0.118. The topological polar surface area (TPSA) is 114 Å². The van der Waals surface area contributed by atoms with Gasteiger partial charge in [-0.15, -0.1) is 0 Å². The van der Waals surface area contributed by atoms with E-state index in [1.165, 1.54) is 30.5 Å². The minimum Gasteiger partial charge on any atom is -0.352 e. The predicted octanol–water partition coefficient (Wildman–Crippen LogP) is 1.75. The van der Waals surface area contributed by atoms with Gasteiger partial charge in [0.15, 0.2) is 0 Å². The van der Waals surface area contributed by atoms with Crippen LogP contribution in [0.1, 0.15) is 17.5 Å². The maximum atomic E-state index is 11.7. The van der Waals surface area contributed by atoms with Crippen LogP contribution in [0.2, 0.25) is 0 Å². The number of nitro benzene ring substituents is 1. The lowest BCUT2D eigenvalue weighted by Gasteiger charge is -2.04. The van der Waals surface area contributed by atoms with Crippen LogP contribution in [0.4, 0.5) is 5.69 Å². The summed E-state index contributed by atoms with van der Waals surface area (Å²) in [6.07, 6.45) is 0.994. The number of nitrogens with one attached hydrogen (secondary N) is 2. The molecule has 0 unspecified atom stereocenters. The molecule has 0 aromatic heterocycles. The van der Waals surface area contributed by atoms with Crippen molar-refractivity contribution < 1.29 is 14.5 Å². The van der Waals surface area contributed by atoms with Crippen LogP contribution in [0, 0.1) is 10.1 Å². The number of rotatable bonds is 7. The van der Waals surface area contributed by atoms with E-state index >= 15 is 0 Å². The number of benzene rings is 2. The summed E-state index contributed by atoms with van der Waals surface area (Å²) in [7, 11) is 0. The second kappa shape index (κ2) is 8.92. The summed E-state index contributed by atoms with van der Waals surface area (Å²) in [6, 6.07) is 15.0. The minimum absolute atomic E-state index is 0.0312. The zero-order chi connectivity index (χ0) is 18.1. The van der Waals surface area contributed by atoms with Gasteiger partial charge in [-0.05, 0) is 23.3 Å². The molecule has 25 heavy (non-hydrogen) atoms. The summed E-state index contributed by atoms with van der Waals surface area (Å²) in [5, 5.41) is 16.9. The van der Waals surface area contributed by atoms with E-state index in [0.29, 0.717) is 12.1 Å². The zero-order valence-corrected chi connectivity index (χ0v) is 13.2. The molecule has 128 valence electrons. The first-order valence-electron chi connectivity index (χ1n) is 7.41. The third-order valence-corrected chi connectivity index (χ3v) is 3.16. The molecule has 0 atom stereocenters. The van der Waals surface area contributed by atoms with Crippen LogP contribution >= 0.6 is 0 Å². The van der Waals surface area contributed by atoms with Crippen molar-refractivity contribution in [2.45, 2.75) is 13.0 Å². The summed E-state index contributed by atoms with van der Waals surface area (Å²) < 4.78 is 0. The maximum Gasteiger partial charge on any atom is 0.269 e. The molecule has 0 aliphatic carbocycles. The Morgan fingerprint density at radius 1 is 1.04 bits per heavy atom. The summed E-state index contributed by atoms with van der Waals surface area (Å²) in [6.45, 7) is 0.346. The average Bonchev–Trinajstić information content (AvgIpc) is 2.61. The van der Waals surface area contributed by atoms with E-state index in [4.69, 9.17) is 0 Å². The SMILES string of the molecule is O=C(CC(=O)N/N=C\c1ccc([N+](=O)[O-])cc1)NCc1ccccc1. The van der Waals surface area contributed by atoms with Crippen molar-refractivity contribution in [3.05, 3.63) is 75.8 Å². The maximum absolute atomic E-state index is 11.7. The Labute approximate surface area is 143 Å². The van der Waals surface area contributed by atoms with Gasteiger partial charge in [-0.3, -0.25) is 19.7 Å². The smallest absolute Gasteiger partial charge is 0.269 e. The first-order chi connectivity index (χ1) is 12.0. The van der Waals surface area contributed by atoms with E-state index in [1.54, 1.807) is 0 Å². The standard InChI is InChI=1S/C17H16N4O4/c22-16(18-11-13-4-2-1-3-5-13)10-17(23)20-19-12-14-6-8-15(9-7-14)21(24)25/h1-9,12H,10-11H2,(H,18,22)(H,20,23)/b19-12-. The van der Waals surface area contributed by atoms with Crippen molar-refractivity contribution in [3.63, 3.8) is 0 Å². The summed E-state index contributed by atoms with van der Waals surface area (Å²) in [5.41, 5.74) is 3.72. The highest BCUT2D eigenvalue weighted by atomic mass is 16.6. The van der Waals surface area contributed by atoms with Gasteiger partial charge in [-0.1, -0.05) is 30.3 Å². The van der Waals surface area contributed by atoms with Crippen molar-refractivity contribution in [3.8, 4) is 0 Å². The van der Waals surface area contributed by atoms with Gasteiger partial charge in [-0.25, -0.2) is 5.43 Å². The van der Waals surface area contributed by atoms with Gasteiger partial charge >= 0.3 is 0 Å². The highest BCUT2D eigenvalue weighted by Crippen LogP contribution is 2.10. The summed E-state index contributed by atoms with van der Waals surface area (Å²) >= 11 is 0. The van der Waals surface area contributed by atoms with Gasteiger partial charge in [0.05, 0.1) is 11.1 Å². The number of nitro groups is 1. The quantitative estimate of drug-likeness (QED) is 0.346. The molecule has 0 spiro atoms. The molecule has 0 bridgehead atoms. The van der Waals surface area contributed by atoms with Crippen LogP contribution in [0.15, 0.2) is 59.7 Å². The molecule has 0 aliphatic rings. The van der Waals surface area contributed by atoms with E-state index in [2.05, 4.69) is 15.8 Å². The van der Waals surface area contributed by atoms with E-state index in [-0.39, 0.29) is 12.1 Å². The van der Waals surface area contributed by atoms with Crippen molar-refractivity contribution >= 4 is 23.7 Å². The molecule has 8 nitrogen and oxygen atoms in total. The van der Waals surface area contributed by atoms with Crippen LogP contribution in [-0.2, 0) is 16.1 Å². The van der Waals surface area contributed by atoms with Crippen LogP contribution in [0.25, 0.3) is 0 Å². The monoisotopic (exact) mass is 340 g/mol. The predicted molar refractivity (Wildman–Crippen MR) is 91.7 cm³/mol. The molecule has 0 heterocycles. The second-order valence-electron chi connectivity index (χ2n) is 5.08. The molecule has 0 aliphatic heterocycles. The molecule has 0 fully saturated rings. The van der Waals surface area contributed by atoms with Gasteiger partial charge in [-0.2, -0.15) is 5.10 Å². The van der Waals surface area contributed by atoms with Crippen molar-refractivity contribution in [1.82, 2.24) is 10.7 Å². The van der Waals surface area contributed by atoms with Crippen LogP contribution < -0.4 is 10.7 Å². The molecule has 2 N–H and O–H groups in total. The van der Waals surface area contributed by atoms with Crippen LogP contribution in [-0.4, -0.2) is 23.0 Å². The molecule has 2 aromatic carbocycles. The van der Waals surface area contributed by atoms with E-state index in [9.17, 15) is 19.7 Å². The lowest BCUT2D eigenvalue weighted by Crippen LogP contribution is -2.29. The van der Waals surface area contributed by atoms with Gasteiger partial charge in [0.25, 0.3) is 5.69 Å². The number of non-ortho nitro benzene ring substituents is 1. The number of hydrogen-bond acceptors (Lipinski definition) is 5. The Morgan fingerprint density at radius 2 is 1.72 bits per heavy atom. The number of carbonyl (C=O) groups excluding carboxylic acids is 2. The lowest BCUT2D eigenvalue weighted by molar-refractivity contribution is -0.384. The Hall–Kier alpha value is -3.55. The molecule has 2 amide bonds. The molecule has 2 aromatic rings. The number of hydrogen-bond donors (Lipinski definition) is 2. The number of carbonyl (C=O) groups is 2. The van der Waals surface area contributed by atoms with E-state index in [1.807, 2.05) is 30.3 Å². The summed E-state index contributed by atoms with van der Waals surface area (Å²) in [5.74, 6) is -0.962. The fourth-order valence-electron chi connectivity index (χ4n) is 1.91. The van der Waals surface area contributed by atoms with Crippen LogP contribution in [0.5, 0.6) is 0 Å². The minimum atomic E-state index is -0.552. The van der Waals surface area contributed by atoms with Crippen molar-refractivity contribution in [2.75, 3.05) is 0 Å². The van der Waals surface area contributed by atoms with Gasteiger partial charge in [0, 0.05) is 18.7 Å². The second-order valence-corrected chi connectivity index (χ2v) is 5.08. The lowest BCUT2D eigenvalue weighted by atomic mass is 10.2. The van der Waals surface area contributed by atoms with Crippen molar-refractivity contribution in [2.24, 2.45) is 5.10 Å². The molecular formula is C17H16N4O4. The third-order valence-electron chi connectivity index (χ3n) is 3.16. The molecule has 2 rings (SSSR count). The zero-order valence-electron chi connectivity index (χ0n) is 13.2.